The van der Waals surface area contributed by atoms with Crippen molar-refractivity contribution in [1.82, 2.24) is 0 Å². The molecule has 0 saturated carbocycles. The van der Waals surface area contributed by atoms with Crippen LogP contribution < -0.4 is 4.90 Å². The van der Waals surface area contributed by atoms with Gasteiger partial charge in [0.15, 0.2) is 0 Å². The molecule has 0 fully saturated rings. The van der Waals surface area contributed by atoms with Crippen molar-refractivity contribution in [2.24, 2.45) is 0 Å². The summed E-state index contributed by atoms with van der Waals surface area (Å²) in [6.07, 6.45) is 7.99. The van der Waals surface area contributed by atoms with Gasteiger partial charge in [0.25, 0.3) is 0 Å². The first-order valence-corrected chi connectivity index (χ1v) is 9.54. The number of carbonyl (C=O) groups excluding carboxylic acids is 1. The second kappa shape index (κ2) is 6.68. The number of rotatable bonds is 2. The Morgan fingerprint density at radius 3 is 2.72 bits per heavy atom. The number of benzene rings is 1. The third-order valence-electron chi connectivity index (χ3n) is 5.02. The third kappa shape index (κ3) is 4.03. The lowest BCUT2D eigenvalue weighted by atomic mass is 9.77. The Labute approximate surface area is 156 Å². The summed E-state index contributed by atoms with van der Waals surface area (Å²) in [6.45, 7) is 8.57. The van der Waals surface area contributed by atoms with Gasteiger partial charge in [-0.05, 0) is 70.6 Å². The van der Waals surface area contributed by atoms with E-state index < -0.39 is 5.60 Å². The molecule has 1 heterocycles. The maximum absolute atomic E-state index is 12.8. The molecule has 1 atom stereocenters. The summed E-state index contributed by atoms with van der Waals surface area (Å²) in [5, 5.41) is 0.647. The minimum atomic E-state index is -0.513. The predicted octanol–water partition coefficient (Wildman–Crippen LogP) is 6.24. The smallest absolute Gasteiger partial charge is 0.414 e. The Hall–Kier alpha value is -1.48. The summed E-state index contributed by atoms with van der Waals surface area (Å²) in [5.74, 6) is 0. The van der Waals surface area contributed by atoms with Crippen LogP contribution in [0.5, 0.6) is 0 Å². The highest BCUT2D eigenvalue weighted by atomic mass is 35.5. The molecule has 0 radical (unpaired) electrons. The van der Waals surface area contributed by atoms with Gasteiger partial charge in [0.05, 0.1) is 5.69 Å². The van der Waals surface area contributed by atoms with Crippen LogP contribution in [-0.2, 0) is 10.2 Å². The molecule has 1 amide bonds. The molecule has 1 aromatic rings. The molecule has 1 aliphatic heterocycles. The summed E-state index contributed by atoms with van der Waals surface area (Å²) >= 11 is 6.22. The van der Waals surface area contributed by atoms with Crippen LogP contribution in [0.4, 0.5) is 10.5 Å². The van der Waals surface area contributed by atoms with Crippen LogP contribution in [0.2, 0.25) is 5.02 Å². The molecular formula is C21H28ClNO2. The summed E-state index contributed by atoms with van der Waals surface area (Å²) in [7, 11) is 0. The zero-order chi connectivity index (χ0) is 18.2. The summed E-state index contributed by atoms with van der Waals surface area (Å²) in [4.78, 5) is 14.5. The third-order valence-corrected chi connectivity index (χ3v) is 5.26. The van der Waals surface area contributed by atoms with Crippen LogP contribution in [-0.4, -0.2) is 18.2 Å². The lowest BCUT2D eigenvalue weighted by Crippen LogP contribution is -2.39. The first kappa shape index (κ1) is 18.3. The van der Waals surface area contributed by atoms with E-state index in [-0.39, 0.29) is 11.5 Å². The summed E-state index contributed by atoms with van der Waals surface area (Å²) in [6, 6.07) is 5.89. The molecule has 0 aromatic heterocycles. The minimum Gasteiger partial charge on any atom is -0.443 e. The van der Waals surface area contributed by atoms with Gasteiger partial charge in [0, 0.05) is 17.0 Å². The Bertz CT molecular complexity index is 704. The molecule has 25 heavy (non-hydrogen) atoms. The number of ether oxygens (including phenoxy) is 1. The number of carbonyl (C=O) groups is 1. The lowest BCUT2D eigenvalue weighted by molar-refractivity contribution is 0.0578. The van der Waals surface area contributed by atoms with E-state index in [0.717, 1.165) is 12.1 Å². The van der Waals surface area contributed by atoms with E-state index in [1.807, 2.05) is 32.9 Å². The monoisotopic (exact) mass is 361 g/mol. The highest BCUT2D eigenvalue weighted by molar-refractivity contribution is 6.31. The number of amides is 1. The van der Waals surface area contributed by atoms with Crippen molar-refractivity contribution in [1.29, 1.82) is 0 Å². The van der Waals surface area contributed by atoms with Gasteiger partial charge in [-0.1, -0.05) is 36.2 Å². The molecule has 0 bridgehead atoms. The highest BCUT2D eigenvalue weighted by Gasteiger charge is 2.43. The number of allylic oxidation sites excluding steroid dienone is 2. The molecule has 0 spiro atoms. The Morgan fingerprint density at radius 1 is 1.32 bits per heavy atom. The van der Waals surface area contributed by atoms with Gasteiger partial charge in [-0.15, -0.1) is 0 Å². The van der Waals surface area contributed by atoms with Crippen LogP contribution in [0.15, 0.2) is 29.8 Å². The number of hydrogen-bond acceptors (Lipinski definition) is 2. The van der Waals surface area contributed by atoms with E-state index >= 15 is 0 Å². The normalized spacial score (nSPS) is 23.2. The fourth-order valence-corrected chi connectivity index (χ4v) is 4.12. The molecule has 1 aromatic carbocycles. The van der Waals surface area contributed by atoms with Crippen LogP contribution in [0.1, 0.15) is 65.4 Å². The van der Waals surface area contributed by atoms with E-state index in [1.54, 1.807) is 4.90 Å². The van der Waals surface area contributed by atoms with Gasteiger partial charge in [-0.25, -0.2) is 4.79 Å². The summed E-state index contributed by atoms with van der Waals surface area (Å²) < 4.78 is 5.63. The van der Waals surface area contributed by atoms with Gasteiger partial charge in [0.2, 0.25) is 0 Å². The molecule has 0 saturated heterocycles. The van der Waals surface area contributed by atoms with E-state index in [2.05, 4.69) is 19.1 Å². The number of hydrogen-bond donors (Lipinski definition) is 0. The largest absolute Gasteiger partial charge is 0.443 e. The second-order valence-electron chi connectivity index (χ2n) is 8.57. The van der Waals surface area contributed by atoms with Gasteiger partial charge < -0.3 is 4.74 Å². The fraction of sp³-hybridized carbons (Fsp3) is 0.571. The zero-order valence-corrected chi connectivity index (χ0v) is 16.4. The van der Waals surface area contributed by atoms with E-state index in [4.69, 9.17) is 16.3 Å². The number of halogens is 1. The topological polar surface area (TPSA) is 29.5 Å². The Kier molecular flexibility index (Phi) is 4.89. The van der Waals surface area contributed by atoms with Crippen LogP contribution >= 0.6 is 11.6 Å². The van der Waals surface area contributed by atoms with Crippen molar-refractivity contribution in [2.45, 2.75) is 70.8 Å². The number of fused-ring (bicyclic) bond motifs is 1. The first-order valence-electron chi connectivity index (χ1n) is 9.16. The van der Waals surface area contributed by atoms with Gasteiger partial charge >= 0.3 is 6.09 Å². The predicted molar refractivity (Wildman–Crippen MR) is 104 cm³/mol. The van der Waals surface area contributed by atoms with Crippen LogP contribution in [0.3, 0.4) is 0 Å². The van der Waals surface area contributed by atoms with Crippen molar-refractivity contribution in [3.8, 4) is 0 Å². The standard InChI is InChI=1S/C21H28ClNO2/c1-20(2,3)25-19(24)23-14-21(4,13-15-8-6-5-7-9-15)17-11-10-16(22)12-18(17)23/h8,10-12H,5-7,9,13-14H2,1-4H3/t21-/m0/s1. The number of anilines is 1. The Morgan fingerprint density at radius 2 is 2.08 bits per heavy atom. The fourth-order valence-electron chi connectivity index (χ4n) is 3.96. The van der Waals surface area contributed by atoms with E-state index in [0.29, 0.717) is 11.6 Å². The molecule has 3 rings (SSSR count). The molecule has 2 aliphatic rings. The van der Waals surface area contributed by atoms with Crippen molar-refractivity contribution in [3.05, 3.63) is 40.4 Å². The summed E-state index contributed by atoms with van der Waals surface area (Å²) in [5.41, 5.74) is 2.98. The number of nitrogens with zero attached hydrogens (tertiary/aromatic N) is 1. The van der Waals surface area contributed by atoms with Crippen molar-refractivity contribution in [3.63, 3.8) is 0 Å². The maximum atomic E-state index is 12.8. The molecule has 136 valence electrons. The average Bonchev–Trinajstić information content (AvgIpc) is 2.79. The highest BCUT2D eigenvalue weighted by Crippen LogP contribution is 2.46. The van der Waals surface area contributed by atoms with E-state index in [1.165, 1.54) is 36.8 Å². The molecule has 0 N–H and O–H groups in total. The van der Waals surface area contributed by atoms with Crippen molar-refractivity contribution >= 4 is 23.4 Å². The zero-order valence-electron chi connectivity index (χ0n) is 15.7. The first-order chi connectivity index (χ1) is 11.7. The molecular weight excluding hydrogens is 334 g/mol. The van der Waals surface area contributed by atoms with Crippen LogP contribution in [0, 0.1) is 0 Å². The van der Waals surface area contributed by atoms with Gasteiger partial charge in [-0.2, -0.15) is 0 Å². The van der Waals surface area contributed by atoms with E-state index in [9.17, 15) is 4.79 Å². The van der Waals surface area contributed by atoms with Gasteiger partial charge in [-0.3, -0.25) is 4.90 Å². The SMILES string of the molecule is CC(C)(C)OC(=O)N1C[C@](C)(CC2=CCCCC2)c2ccc(Cl)cc21. The average molecular weight is 362 g/mol. The minimum absolute atomic E-state index is 0.0972. The second-order valence-corrected chi connectivity index (χ2v) is 9.01. The lowest BCUT2D eigenvalue weighted by Gasteiger charge is -2.29. The van der Waals surface area contributed by atoms with Crippen molar-refractivity contribution in [2.75, 3.05) is 11.4 Å². The van der Waals surface area contributed by atoms with Crippen LogP contribution in [0.25, 0.3) is 0 Å². The Balaban J connectivity index is 1.92. The maximum Gasteiger partial charge on any atom is 0.414 e. The molecule has 0 unspecified atom stereocenters. The van der Waals surface area contributed by atoms with Crippen molar-refractivity contribution < 1.29 is 9.53 Å². The molecule has 4 heteroatoms. The molecule has 3 nitrogen and oxygen atoms in total. The quantitative estimate of drug-likeness (QED) is 0.583. The molecule has 1 aliphatic carbocycles. The van der Waals surface area contributed by atoms with Gasteiger partial charge in [0.1, 0.15) is 5.60 Å².